The maximum Gasteiger partial charge on any atom is 0.305 e. The van der Waals surface area contributed by atoms with E-state index in [4.69, 9.17) is 28.4 Å². The van der Waals surface area contributed by atoms with Gasteiger partial charge in [-0.1, -0.05) is 39.3 Å². The van der Waals surface area contributed by atoms with Crippen LogP contribution < -0.4 is 0 Å². The molecule has 54 heavy (non-hydrogen) atoms. The molecule has 306 valence electrons. The Labute approximate surface area is 317 Å². The highest BCUT2D eigenvalue weighted by atomic mass is 16.6. The molecule has 4 heterocycles. The van der Waals surface area contributed by atoms with E-state index in [0.29, 0.717) is 64.8 Å². The van der Waals surface area contributed by atoms with E-state index in [0.717, 1.165) is 18.4 Å². The molecular formula is C40H62O14. The molecule has 8 rings (SSSR count). The zero-order chi connectivity index (χ0) is 38.8. The first-order valence-corrected chi connectivity index (χ1v) is 20.2. The van der Waals surface area contributed by atoms with Crippen molar-refractivity contribution in [2.45, 2.75) is 135 Å². The molecule has 4 aliphatic carbocycles. The molecule has 3 saturated carbocycles. The van der Waals surface area contributed by atoms with Gasteiger partial charge >= 0.3 is 11.9 Å². The van der Waals surface area contributed by atoms with Crippen molar-refractivity contribution < 1.29 is 68.6 Å². The molecule has 4 aliphatic heterocycles. The molecule has 0 aromatic carbocycles. The largest absolute Gasteiger partial charge is 0.462 e. The molecule has 6 N–H and O–H groups in total. The summed E-state index contributed by atoms with van der Waals surface area (Å²) < 4.78 is 35.0. The Kier molecular flexibility index (Phi) is 11.4. The fraction of sp³-hybridized carbons (Fsp3) is 0.900. The summed E-state index contributed by atoms with van der Waals surface area (Å²) in [5.74, 6) is -0.706. The van der Waals surface area contributed by atoms with Crippen LogP contribution in [0.3, 0.4) is 0 Å². The lowest BCUT2D eigenvalue weighted by atomic mass is 9.53. The summed E-state index contributed by atoms with van der Waals surface area (Å²) in [6.45, 7) is 8.78. The number of fused-ring (bicyclic) bond motifs is 10. The lowest BCUT2D eigenvalue weighted by molar-refractivity contribution is -0.292. The molecule has 8 aliphatic rings. The summed E-state index contributed by atoms with van der Waals surface area (Å²) in [6.07, 6.45) is 2.70. The van der Waals surface area contributed by atoms with Gasteiger partial charge in [0.05, 0.1) is 74.9 Å². The zero-order valence-electron chi connectivity index (χ0n) is 32.1. The van der Waals surface area contributed by atoms with Gasteiger partial charge in [-0.2, -0.15) is 0 Å². The molecule has 0 radical (unpaired) electrons. The van der Waals surface area contributed by atoms with Gasteiger partial charge in [0.2, 0.25) is 0 Å². The first-order valence-electron chi connectivity index (χ1n) is 20.2. The van der Waals surface area contributed by atoms with E-state index in [9.17, 15) is 40.2 Å². The number of hydrogen-bond donors (Lipinski definition) is 6. The summed E-state index contributed by atoms with van der Waals surface area (Å²) in [4.78, 5) is 23.8. The van der Waals surface area contributed by atoms with Gasteiger partial charge in [-0.15, -0.1) is 0 Å². The summed E-state index contributed by atoms with van der Waals surface area (Å²) in [5, 5.41) is 62.3. The van der Waals surface area contributed by atoms with Crippen LogP contribution in [0, 0.1) is 51.2 Å². The lowest BCUT2D eigenvalue weighted by Crippen LogP contribution is -2.66. The van der Waals surface area contributed by atoms with Crippen LogP contribution >= 0.6 is 0 Å². The van der Waals surface area contributed by atoms with Gasteiger partial charge < -0.3 is 59.1 Å². The second kappa shape index (κ2) is 15.2. The van der Waals surface area contributed by atoms with E-state index in [1.165, 1.54) is 0 Å². The van der Waals surface area contributed by atoms with Gasteiger partial charge in [0, 0.05) is 48.3 Å². The molecule has 4 saturated heterocycles. The maximum atomic E-state index is 11.9. The molecule has 14 nitrogen and oxygen atoms in total. The van der Waals surface area contributed by atoms with Crippen LogP contribution in [0.15, 0.2) is 11.6 Å². The van der Waals surface area contributed by atoms with Crippen molar-refractivity contribution in [1.29, 1.82) is 0 Å². The minimum atomic E-state index is -0.850. The van der Waals surface area contributed by atoms with Crippen molar-refractivity contribution >= 4 is 11.9 Å². The Hall–Kier alpha value is -1.72. The predicted molar refractivity (Wildman–Crippen MR) is 189 cm³/mol. The zero-order valence-corrected chi connectivity index (χ0v) is 32.1. The highest BCUT2D eigenvalue weighted by Gasteiger charge is 2.67. The third kappa shape index (κ3) is 6.39. The Bertz CT molecular complexity index is 1420. The lowest BCUT2D eigenvalue weighted by Gasteiger charge is -2.61. The number of esters is 2. The second-order valence-corrected chi connectivity index (χ2v) is 18.0. The van der Waals surface area contributed by atoms with Crippen LogP contribution in [-0.4, -0.2) is 131 Å². The van der Waals surface area contributed by atoms with Crippen molar-refractivity contribution in [3.05, 3.63) is 11.6 Å². The molecule has 17 atom stereocenters. The molecule has 14 heteroatoms. The van der Waals surface area contributed by atoms with E-state index in [1.54, 1.807) is 13.8 Å². The Morgan fingerprint density at radius 2 is 1.28 bits per heavy atom. The maximum absolute atomic E-state index is 11.9. The summed E-state index contributed by atoms with van der Waals surface area (Å²) in [7, 11) is 0. The number of aliphatic hydroxyl groups is 6. The number of aliphatic hydroxyl groups excluding tert-OH is 6. The SMILES string of the molecule is CCC(=O)O[C@H]1CCC2C3C(OC[C@@]21CO)[C@@]1(C)CO[C@H](O)CC1=C[C@@H]3O.CCC(=O)O[C@H]1CCC2C3C(OC[C@@]21CO)[C@@]1(C)CO[C@H](O)CC1C[C@@H]3O. The fourth-order valence-electron chi connectivity index (χ4n) is 12.3. The van der Waals surface area contributed by atoms with Crippen molar-refractivity contribution in [3.63, 3.8) is 0 Å². The highest BCUT2D eigenvalue weighted by Crippen LogP contribution is 2.62. The van der Waals surface area contributed by atoms with Crippen LogP contribution in [0.4, 0.5) is 0 Å². The van der Waals surface area contributed by atoms with Gasteiger partial charge in [0.25, 0.3) is 0 Å². The summed E-state index contributed by atoms with van der Waals surface area (Å²) >= 11 is 0. The van der Waals surface area contributed by atoms with E-state index >= 15 is 0 Å². The smallest absolute Gasteiger partial charge is 0.305 e. The molecule has 0 spiro atoms. The molecule has 0 bridgehead atoms. The average molecular weight is 767 g/mol. The standard InChI is InChI=1S/C20H32O7.C20H30O7/c2*1-3-15(23)27-14-5-4-12-17-13(22)6-11-7-16(24)25-9-19(11,2)18(17)26-10-20(12,14)8-21/h11-14,16-18,21-22,24H,3-10H2,1-2H3;6,12-14,16-18,21-22,24H,3-5,7-10H2,1-2H3/t11?,12?,13-,14-,16-,17?,18?,19-,20-;12?,13-,14-,16-,17?,18?,19-,20-/m00/s1. The third-order valence-electron chi connectivity index (χ3n) is 15.4. The fourth-order valence-corrected chi connectivity index (χ4v) is 12.3. The van der Waals surface area contributed by atoms with Crippen LogP contribution in [0.5, 0.6) is 0 Å². The summed E-state index contributed by atoms with van der Waals surface area (Å²) in [6, 6.07) is 0. The first-order chi connectivity index (χ1) is 25.7. The van der Waals surface area contributed by atoms with Crippen LogP contribution in [0.2, 0.25) is 0 Å². The minimum absolute atomic E-state index is 0.00705. The van der Waals surface area contributed by atoms with E-state index in [1.807, 2.05) is 6.08 Å². The molecule has 7 unspecified atom stereocenters. The normalized spacial score (nSPS) is 50.3. The third-order valence-corrected chi connectivity index (χ3v) is 15.4. The van der Waals surface area contributed by atoms with Crippen molar-refractivity contribution in [2.75, 3.05) is 39.6 Å². The molecule has 0 aromatic rings. The predicted octanol–water partition coefficient (Wildman–Crippen LogP) is 1.60. The van der Waals surface area contributed by atoms with Gasteiger partial charge in [-0.05, 0) is 49.9 Å². The van der Waals surface area contributed by atoms with E-state index in [-0.39, 0.29) is 85.1 Å². The Morgan fingerprint density at radius 3 is 1.85 bits per heavy atom. The second-order valence-electron chi connectivity index (χ2n) is 18.0. The Balaban J connectivity index is 0.000000167. The number of rotatable bonds is 6. The monoisotopic (exact) mass is 766 g/mol. The van der Waals surface area contributed by atoms with Crippen LogP contribution in [0.25, 0.3) is 0 Å². The van der Waals surface area contributed by atoms with Gasteiger partial charge in [-0.3, -0.25) is 9.59 Å². The molecule has 0 aromatic heterocycles. The number of hydrogen-bond acceptors (Lipinski definition) is 14. The molecule has 7 fully saturated rings. The molecule has 0 amide bonds. The van der Waals surface area contributed by atoms with Crippen LogP contribution in [0.1, 0.15) is 85.5 Å². The summed E-state index contributed by atoms with van der Waals surface area (Å²) in [5.41, 5.74) is -1.04. The number of carbonyl (C=O) groups is 2. The van der Waals surface area contributed by atoms with Crippen molar-refractivity contribution in [1.82, 2.24) is 0 Å². The molecular weight excluding hydrogens is 704 g/mol. The highest BCUT2D eigenvalue weighted by molar-refractivity contribution is 5.69. The van der Waals surface area contributed by atoms with Gasteiger partial charge in [0.1, 0.15) is 12.2 Å². The van der Waals surface area contributed by atoms with Crippen molar-refractivity contribution in [3.8, 4) is 0 Å². The van der Waals surface area contributed by atoms with Crippen LogP contribution in [-0.2, 0) is 38.0 Å². The topological polar surface area (TPSA) is 211 Å². The average Bonchev–Trinajstić information content (AvgIpc) is 3.71. The minimum Gasteiger partial charge on any atom is -0.462 e. The van der Waals surface area contributed by atoms with Crippen molar-refractivity contribution in [2.24, 2.45) is 51.2 Å². The Morgan fingerprint density at radius 1 is 0.722 bits per heavy atom. The first kappa shape index (κ1) is 40.5. The number of carbonyl (C=O) groups excluding carboxylic acids is 2. The van der Waals surface area contributed by atoms with E-state index in [2.05, 4.69) is 13.8 Å². The quantitative estimate of drug-likeness (QED) is 0.168. The number of ether oxygens (including phenoxy) is 6. The van der Waals surface area contributed by atoms with Gasteiger partial charge in [-0.25, -0.2) is 0 Å². The van der Waals surface area contributed by atoms with E-state index < -0.39 is 47.1 Å². The van der Waals surface area contributed by atoms with Gasteiger partial charge in [0.15, 0.2) is 12.6 Å².